The molecule has 3 atom stereocenters. The molecular weight excluding hydrogens is 496 g/mol. The first-order valence-electron chi connectivity index (χ1n) is 13.0. The third-order valence-corrected chi connectivity index (χ3v) is 7.28. The second kappa shape index (κ2) is 13.3. The minimum Gasteiger partial charge on any atom is -0.356 e. The summed E-state index contributed by atoms with van der Waals surface area (Å²) in [6, 6.07) is 11.0. The number of carbonyl (C=O) groups is 2. The maximum Gasteiger partial charge on any atom is 0.229 e. The van der Waals surface area contributed by atoms with Crippen LogP contribution < -0.4 is 16.0 Å². The third kappa shape index (κ3) is 8.50. The number of amides is 2. The topological polar surface area (TPSA) is 70.2 Å². The quantitative estimate of drug-likeness (QED) is 0.375. The normalized spacial score (nSPS) is 22.1. The number of halogens is 3. The van der Waals surface area contributed by atoms with Gasteiger partial charge in [0.1, 0.15) is 11.6 Å². The molecule has 1 saturated heterocycles. The van der Waals surface area contributed by atoms with Gasteiger partial charge in [-0.15, -0.1) is 0 Å². The van der Waals surface area contributed by atoms with E-state index in [1.54, 1.807) is 24.3 Å². The van der Waals surface area contributed by atoms with Crippen molar-refractivity contribution in [2.75, 3.05) is 11.9 Å². The van der Waals surface area contributed by atoms with E-state index in [2.05, 4.69) is 36.7 Å². The van der Waals surface area contributed by atoms with Crippen LogP contribution in [0.3, 0.4) is 0 Å². The molecule has 0 unspecified atom stereocenters. The summed E-state index contributed by atoms with van der Waals surface area (Å²) >= 11 is 5.97. The Morgan fingerprint density at radius 3 is 2.46 bits per heavy atom. The Bertz CT molecular complexity index is 1050. The molecule has 1 saturated carbocycles. The van der Waals surface area contributed by atoms with Gasteiger partial charge in [-0.3, -0.25) is 9.59 Å². The Kier molecular flexibility index (Phi) is 10.5. The number of hydrogen-bond donors (Lipinski definition) is 3. The molecule has 5 nitrogen and oxygen atoms in total. The highest BCUT2D eigenvalue weighted by molar-refractivity contribution is 6.30. The number of anilines is 1. The summed E-state index contributed by atoms with van der Waals surface area (Å²) < 4.78 is 28.2. The summed E-state index contributed by atoms with van der Waals surface area (Å²) in [4.78, 5) is 23.1. The lowest BCUT2D eigenvalue weighted by Gasteiger charge is -2.29. The Balaban J connectivity index is 0.000000356. The van der Waals surface area contributed by atoms with E-state index in [1.165, 1.54) is 50.3 Å². The van der Waals surface area contributed by atoms with E-state index in [-0.39, 0.29) is 28.3 Å². The van der Waals surface area contributed by atoms with Gasteiger partial charge < -0.3 is 16.0 Å². The standard InChI is InChI=1S/C22H25ClF2N2O.C7H13NO/c1-22(2,3)11-18-19(21(28)27-14-7-4-6-13(24)10-14)16(12-26-18)15-8-5-9-17(23)20(15)25;9-6-8-7-4-2-1-3-5-7/h4-10,16,18-19,26H,11-12H2,1-3H3,(H,27,28);6-7H,1-5H2,(H,8,9)/t16-,18+,19+;/m1./s1. The predicted octanol–water partition coefficient (Wildman–Crippen LogP) is 6.43. The van der Waals surface area contributed by atoms with Gasteiger partial charge in [-0.1, -0.05) is 69.8 Å². The molecule has 0 radical (unpaired) electrons. The minimum atomic E-state index is -0.504. The summed E-state index contributed by atoms with van der Waals surface area (Å²) in [5.41, 5.74) is 0.795. The molecule has 2 aromatic rings. The molecule has 2 aromatic carbocycles. The summed E-state index contributed by atoms with van der Waals surface area (Å²) in [6.45, 7) is 6.77. The van der Waals surface area contributed by atoms with Gasteiger partial charge in [0.15, 0.2) is 0 Å². The van der Waals surface area contributed by atoms with Crippen molar-refractivity contribution in [3.63, 3.8) is 0 Å². The zero-order chi connectivity index (χ0) is 27.0. The van der Waals surface area contributed by atoms with Gasteiger partial charge in [0.25, 0.3) is 0 Å². The van der Waals surface area contributed by atoms with Crippen LogP contribution >= 0.6 is 11.6 Å². The number of carbonyl (C=O) groups excluding carboxylic acids is 2. The monoisotopic (exact) mass is 533 g/mol. The van der Waals surface area contributed by atoms with Crippen LogP contribution in [-0.2, 0) is 9.59 Å². The molecule has 2 amide bonds. The first kappa shape index (κ1) is 29.1. The zero-order valence-corrected chi connectivity index (χ0v) is 22.6. The second-order valence-electron chi connectivity index (χ2n) is 11.2. The lowest BCUT2D eigenvalue weighted by atomic mass is 9.78. The van der Waals surface area contributed by atoms with E-state index in [0.717, 1.165) is 12.8 Å². The Labute approximate surface area is 223 Å². The molecule has 2 aliphatic rings. The van der Waals surface area contributed by atoms with Crippen LogP contribution in [0.4, 0.5) is 14.5 Å². The molecule has 1 aliphatic heterocycles. The largest absolute Gasteiger partial charge is 0.356 e. The third-order valence-electron chi connectivity index (χ3n) is 6.98. The fourth-order valence-electron chi connectivity index (χ4n) is 5.30. The van der Waals surface area contributed by atoms with Crippen LogP contribution in [0.25, 0.3) is 0 Å². The van der Waals surface area contributed by atoms with Crippen molar-refractivity contribution in [3.05, 3.63) is 64.7 Å². The first-order valence-corrected chi connectivity index (χ1v) is 13.4. The van der Waals surface area contributed by atoms with Crippen LogP contribution in [-0.4, -0.2) is 30.9 Å². The molecule has 37 heavy (non-hydrogen) atoms. The van der Waals surface area contributed by atoms with Crippen molar-refractivity contribution < 1.29 is 18.4 Å². The lowest BCUT2D eigenvalue weighted by Crippen LogP contribution is -2.38. The van der Waals surface area contributed by atoms with E-state index >= 15 is 0 Å². The Morgan fingerprint density at radius 1 is 1.11 bits per heavy atom. The molecule has 4 rings (SSSR count). The van der Waals surface area contributed by atoms with Crippen molar-refractivity contribution in [2.24, 2.45) is 11.3 Å². The molecule has 0 aromatic heterocycles. The molecule has 1 aliphatic carbocycles. The predicted molar refractivity (Wildman–Crippen MR) is 145 cm³/mol. The summed E-state index contributed by atoms with van der Waals surface area (Å²) in [7, 11) is 0. The minimum absolute atomic E-state index is 0.0170. The van der Waals surface area contributed by atoms with Crippen molar-refractivity contribution in [1.82, 2.24) is 10.6 Å². The van der Waals surface area contributed by atoms with Crippen LogP contribution in [0.2, 0.25) is 5.02 Å². The van der Waals surface area contributed by atoms with Gasteiger partial charge in [-0.2, -0.15) is 0 Å². The molecular formula is C29H38ClF2N3O2. The second-order valence-corrected chi connectivity index (χ2v) is 11.6. The fourth-order valence-corrected chi connectivity index (χ4v) is 5.49. The fraction of sp³-hybridized carbons (Fsp3) is 0.517. The van der Waals surface area contributed by atoms with Gasteiger partial charge in [0.05, 0.1) is 10.9 Å². The van der Waals surface area contributed by atoms with E-state index in [1.807, 2.05) is 0 Å². The van der Waals surface area contributed by atoms with E-state index in [4.69, 9.17) is 11.6 Å². The van der Waals surface area contributed by atoms with Gasteiger partial charge in [-0.25, -0.2) is 8.78 Å². The number of benzene rings is 2. The van der Waals surface area contributed by atoms with Crippen molar-refractivity contribution >= 4 is 29.6 Å². The SMILES string of the molecule is CC(C)(C)C[C@@H]1NC[C@H](c2cccc(Cl)c2F)[C@@H]1C(=O)Nc1cccc(F)c1.O=CNC1CCCCC1. The average molecular weight is 534 g/mol. The molecule has 1 heterocycles. The van der Waals surface area contributed by atoms with Gasteiger partial charge >= 0.3 is 0 Å². The van der Waals surface area contributed by atoms with Crippen LogP contribution in [0.1, 0.15) is 70.8 Å². The highest BCUT2D eigenvalue weighted by Gasteiger charge is 2.44. The molecule has 2 fully saturated rings. The molecule has 3 N–H and O–H groups in total. The summed E-state index contributed by atoms with van der Waals surface area (Å²) in [5, 5.41) is 9.04. The smallest absolute Gasteiger partial charge is 0.229 e. The summed E-state index contributed by atoms with van der Waals surface area (Å²) in [6.07, 6.45) is 7.83. The summed E-state index contributed by atoms with van der Waals surface area (Å²) in [5.74, 6) is -2.04. The van der Waals surface area contributed by atoms with Gasteiger partial charge in [0, 0.05) is 30.2 Å². The van der Waals surface area contributed by atoms with Crippen LogP contribution in [0, 0.1) is 23.0 Å². The molecule has 8 heteroatoms. The Morgan fingerprint density at radius 2 is 1.81 bits per heavy atom. The first-order chi connectivity index (χ1) is 17.6. The lowest BCUT2D eigenvalue weighted by molar-refractivity contribution is -0.120. The van der Waals surface area contributed by atoms with Crippen LogP contribution in [0.5, 0.6) is 0 Å². The van der Waals surface area contributed by atoms with Gasteiger partial charge in [0.2, 0.25) is 12.3 Å². The van der Waals surface area contributed by atoms with E-state index in [9.17, 15) is 18.4 Å². The highest BCUT2D eigenvalue weighted by Crippen LogP contribution is 2.39. The van der Waals surface area contributed by atoms with Crippen molar-refractivity contribution in [3.8, 4) is 0 Å². The average Bonchev–Trinajstić information content (AvgIpc) is 3.24. The zero-order valence-electron chi connectivity index (χ0n) is 21.8. The van der Waals surface area contributed by atoms with E-state index < -0.39 is 17.6 Å². The number of nitrogens with one attached hydrogen (secondary N) is 3. The Hall–Kier alpha value is -2.51. The number of hydrogen-bond acceptors (Lipinski definition) is 3. The molecule has 0 spiro atoms. The maximum absolute atomic E-state index is 14.7. The van der Waals surface area contributed by atoms with Gasteiger partial charge in [-0.05, 0) is 54.5 Å². The molecule has 202 valence electrons. The van der Waals surface area contributed by atoms with Crippen LogP contribution in [0.15, 0.2) is 42.5 Å². The van der Waals surface area contributed by atoms with E-state index in [0.29, 0.717) is 23.8 Å². The number of rotatable bonds is 6. The van der Waals surface area contributed by atoms with Crippen molar-refractivity contribution in [2.45, 2.75) is 77.3 Å². The highest BCUT2D eigenvalue weighted by atomic mass is 35.5. The molecule has 0 bridgehead atoms. The van der Waals surface area contributed by atoms with Crippen molar-refractivity contribution in [1.29, 1.82) is 0 Å². The maximum atomic E-state index is 14.7.